The Morgan fingerprint density at radius 3 is 1.39 bits per heavy atom. The van der Waals surface area contributed by atoms with Crippen LogP contribution >= 0.6 is 0 Å². The molecule has 0 spiro atoms. The van der Waals surface area contributed by atoms with Gasteiger partial charge >= 0.3 is 0 Å². The van der Waals surface area contributed by atoms with Crippen LogP contribution in [0.5, 0.6) is 5.75 Å². The lowest BCUT2D eigenvalue weighted by molar-refractivity contribution is 0.310. The van der Waals surface area contributed by atoms with Crippen molar-refractivity contribution in [1.82, 2.24) is 0 Å². The molecule has 2 saturated carbocycles. The largest absolute Gasteiger partial charge is 0.491 e. The zero-order chi connectivity index (χ0) is 31.4. The van der Waals surface area contributed by atoms with Gasteiger partial charge in [0.1, 0.15) is 0 Å². The van der Waals surface area contributed by atoms with Crippen molar-refractivity contribution < 1.29 is 31.1 Å². The summed E-state index contributed by atoms with van der Waals surface area (Å²) in [6, 6.07) is 9.69. The zero-order valence-corrected chi connectivity index (χ0v) is 25.4. The highest BCUT2D eigenvalue weighted by Crippen LogP contribution is 2.46. The maximum Gasteiger partial charge on any atom is 0.200 e. The summed E-state index contributed by atoms with van der Waals surface area (Å²) in [6.07, 6.45) is 9.27. The maximum atomic E-state index is 15.5. The van der Waals surface area contributed by atoms with Crippen molar-refractivity contribution in [2.75, 3.05) is 6.61 Å². The van der Waals surface area contributed by atoms with Crippen molar-refractivity contribution in [3.05, 3.63) is 111 Å². The molecule has 236 valence electrons. The molecule has 0 heterocycles. The highest BCUT2D eigenvalue weighted by molar-refractivity contribution is 5.36. The Balaban J connectivity index is 1.21. The smallest absolute Gasteiger partial charge is 0.200 e. The van der Waals surface area contributed by atoms with Gasteiger partial charge in [0.15, 0.2) is 34.8 Å². The quantitative estimate of drug-likeness (QED) is 0.172. The molecule has 0 aromatic heterocycles. The molecule has 44 heavy (non-hydrogen) atoms. The van der Waals surface area contributed by atoms with Crippen LogP contribution in [0.3, 0.4) is 0 Å². The van der Waals surface area contributed by atoms with Crippen molar-refractivity contribution in [2.24, 2.45) is 0 Å². The normalized spacial score (nSPS) is 22.5. The van der Waals surface area contributed by atoms with Crippen LogP contribution in [-0.4, -0.2) is 6.61 Å². The van der Waals surface area contributed by atoms with Crippen LogP contribution in [0.1, 0.15) is 123 Å². The summed E-state index contributed by atoms with van der Waals surface area (Å²) in [4.78, 5) is 0. The van der Waals surface area contributed by atoms with Gasteiger partial charge in [0, 0.05) is 0 Å². The van der Waals surface area contributed by atoms with E-state index in [9.17, 15) is 17.6 Å². The molecular formula is C37H40F6O. The molecule has 0 atom stereocenters. The highest BCUT2D eigenvalue weighted by atomic mass is 19.2. The molecule has 0 amide bonds. The third-order valence-corrected chi connectivity index (χ3v) is 9.74. The van der Waals surface area contributed by atoms with Crippen LogP contribution in [0.4, 0.5) is 26.3 Å². The SMILES string of the molecule is CC=CCCc1ccc(C2CCC(c3ccc(C4CCC(c5ccc(OCC)c(F)c5F)CC4)c(F)c3F)CC2)c(F)c1F. The first-order valence-corrected chi connectivity index (χ1v) is 15.9. The van der Waals surface area contributed by atoms with E-state index in [1.165, 1.54) is 6.07 Å². The number of halogens is 6. The van der Waals surface area contributed by atoms with Gasteiger partial charge in [0.25, 0.3) is 0 Å². The first-order valence-electron chi connectivity index (χ1n) is 15.9. The Hall–Kier alpha value is -3.22. The Morgan fingerprint density at radius 1 is 0.568 bits per heavy atom. The second kappa shape index (κ2) is 14.3. The molecule has 0 saturated heterocycles. The lowest BCUT2D eigenvalue weighted by atomic mass is 9.74. The number of allylic oxidation sites excluding steroid dienone is 2. The summed E-state index contributed by atoms with van der Waals surface area (Å²) in [5, 5.41) is 0. The average molecular weight is 615 g/mol. The van der Waals surface area contributed by atoms with E-state index < -0.39 is 34.9 Å². The molecule has 1 nitrogen and oxygen atoms in total. The Kier molecular flexibility index (Phi) is 10.4. The van der Waals surface area contributed by atoms with Gasteiger partial charge in [-0.2, -0.15) is 4.39 Å². The lowest BCUT2D eigenvalue weighted by Gasteiger charge is -2.31. The molecule has 0 radical (unpaired) electrons. The van der Waals surface area contributed by atoms with E-state index in [1.54, 1.807) is 37.3 Å². The molecule has 0 aliphatic heterocycles. The van der Waals surface area contributed by atoms with Crippen LogP contribution in [0.15, 0.2) is 48.6 Å². The van der Waals surface area contributed by atoms with Crippen molar-refractivity contribution >= 4 is 0 Å². The number of aryl methyl sites for hydroxylation is 1. The first-order chi connectivity index (χ1) is 21.2. The van der Waals surface area contributed by atoms with Crippen LogP contribution in [0.2, 0.25) is 0 Å². The van der Waals surface area contributed by atoms with Gasteiger partial charge in [-0.15, -0.1) is 0 Å². The Morgan fingerprint density at radius 2 is 0.955 bits per heavy atom. The summed E-state index contributed by atoms with van der Waals surface area (Å²) in [6.45, 7) is 3.82. The van der Waals surface area contributed by atoms with Crippen LogP contribution < -0.4 is 4.74 Å². The summed E-state index contributed by atoms with van der Waals surface area (Å²) < 4.78 is 94.9. The van der Waals surface area contributed by atoms with Gasteiger partial charge in [-0.05, 0) is 136 Å². The van der Waals surface area contributed by atoms with E-state index in [-0.39, 0.29) is 36.0 Å². The molecule has 5 rings (SSSR count). The predicted molar refractivity (Wildman–Crippen MR) is 161 cm³/mol. The minimum atomic E-state index is -0.991. The summed E-state index contributed by atoms with van der Waals surface area (Å²) in [7, 11) is 0. The van der Waals surface area contributed by atoms with Gasteiger partial charge in [-0.3, -0.25) is 0 Å². The van der Waals surface area contributed by atoms with Crippen LogP contribution in [0.25, 0.3) is 0 Å². The van der Waals surface area contributed by atoms with Crippen molar-refractivity contribution in [3.63, 3.8) is 0 Å². The summed E-state index contributed by atoms with van der Waals surface area (Å²) in [5.41, 5.74) is 1.67. The molecule has 0 bridgehead atoms. The maximum absolute atomic E-state index is 15.5. The van der Waals surface area contributed by atoms with Gasteiger partial charge in [0.05, 0.1) is 6.61 Å². The number of hydrogen-bond donors (Lipinski definition) is 0. The lowest BCUT2D eigenvalue weighted by Crippen LogP contribution is -2.17. The molecule has 2 aliphatic carbocycles. The number of ether oxygens (including phenoxy) is 1. The molecule has 2 aliphatic rings. The van der Waals surface area contributed by atoms with E-state index in [2.05, 4.69) is 0 Å². The molecule has 3 aromatic carbocycles. The molecular weight excluding hydrogens is 574 g/mol. The summed E-state index contributed by atoms with van der Waals surface area (Å²) >= 11 is 0. The van der Waals surface area contributed by atoms with Gasteiger partial charge in [0.2, 0.25) is 5.82 Å². The van der Waals surface area contributed by atoms with Gasteiger partial charge in [-0.25, -0.2) is 22.0 Å². The number of rotatable bonds is 9. The van der Waals surface area contributed by atoms with E-state index in [4.69, 9.17) is 4.74 Å². The third kappa shape index (κ3) is 6.57. The van der Waals surface area contributed by atoms with E-state index >= 15 is 8.78 Å². The number of hydrogen-bond acceptors (Lipinski definition) is 1. The zero-order valence-electron chi connectivity index (χ0n) is 25.4. The number of benzene rings is 3. The Bertz CT molecular complexity index is 1480. The fourth-order valence-corrected chi connectivity index (χ4v) is 7.29. The molecule has 7 heteroatoms. The second-order valence-electron chi connectivity index (χ2n) is 12.2. The minimum Gasteiger partial charge on any atom is -0.491 e. The monoisotopic (exact) mass is 614 g/mol. The molecule has 3 aromatic rings. The topological polar surface area (TPSA) is 9.23 Å². The fourth-order valence-electron chi connectivity index (χ4n) is 7.29. The van der Waals surface area contributed by atoms with Crippen molar-refractivity contribution in [2.45, 2.75) is 102 Å². The van der Waals surface area contributed by atoms with Gasteiger partial charge in [-0.1, -0.05) is 42.5 Å². The third-order valence-electron chi connectivity index (χ3n) is 9.74. The van der Waals surface area contributed by atoms with Crippen LogP contribution in [-0.2, 0) is 6.42 Å². The fraction of sp³-hybridized carbons (Fsp3) is 0.459. The Labute approximate surface area is 256 Å². The second-order valence-corrected chi connectivity index (χ2v) is 12.2. The van der Waals surface area contributed by atoms with Crippen molar-refractivity contribution in [3.8, 4) is 5.75 Å². The minimum absolute atomic E-state index is 0.112. The average Bonchev–Trinajstić information content (AvgIpc) is 3.03. The van der Waals surface area contributed by atoms with E-state index in [1.807, 2.05) is 19.1 Å². The highest BCUT2D eigenvalue weighted by Gasteiger charge is 2.32. The summed E-state index contributed by atoms with van der Waals surface area (Å²) in [5.74, 6) is -6.04. The predicted octanol–water partition coefficient (Wildman–Crippen LogP) is 11.3. The van der Waals surface area contributed by atoms with E-state index in [0.29, 0.717) is 92.0 Å². The van der Waals surface area contributed by atoms with Crippen molar-refractivity contribution in [1.29, 1.82) is 0 Å². The van der Waals surface area contributed by atoms with E-state index in [0.717, 1.165) is 0 Å². The van der Waals surface area contributed by atoms with Gasteiger partial charge < -0.3 is 4.74 Å². The standard InChI is InChI=1S/C37H40F6O/c1-3-5-6-7-26-16-17-27(33(39)32(26)38)22-8-10-23(11-9-22)28-18-19-29(35(41)34(28)40)24-12-14-25(15-13-24)30-20-21-31(44-4-2)37(43)36(30)42/h3,5,16-25H,4,6-15H2,1-2H3. The molecule has 0 unspecified atom stereocenters. The first kappa shape index (κ1) is 32.2. The molecule has 2 fully saturated rings. The van der Waals surface area contributed by atoms with Crippen LogP contribution in [0, 0.1) is 34.9 Å². The molecule has 0 N–H and O–H groups in total.